The summed E-state index contributed by atoms with van der Waals surface area (Å²) in [5.74, 6) is -0.192. The van der Waals surface area contributed by atoms with Crippen LogP contribution in [-0.2, 0) is 11.0 Å². The summed E-state index contributed by atoms with van der Waals surface area (Å²) in [6.07, 6.45) is 0.0842. The number of amides is 3. The first kappa shape index (κ1) is 24.2. The summed E-state index contributed by atoms with van der Waals surface area (Å²) in [7, 11) is 0. The molecule has 1 aliphatic rings. The minimum absolute atomic E-state index is 0.0566. The fourth-order valence-corrected chi connectivity index (χ4v) is 3.47. The molecule has 1 N–H and O–H groups in total. The zero-order chi connectivity index (χ0) is 24.2. The van der Waals surface area contributed by atoms with E-state index in [1.165, 1.54) is 22.2 Å². The molecule has 3 rings (SSSR count). The van der Waals surface area contributed by atoms with Gasteiger partial charge in [0, 0.05) is 6.20 Å². The Balaban J connectivity index is 1.75. The lowest BCUT2D eigenvalue weighted by atomic mass is 9.99. The van der Waals surface area contributed by atoms with Crippen molar-refractivity contribution in [2.75, 3.05) is 29.9 Å². The highest BCUT2D eigenvalue weighted by atomic mass is 19.4. The molecule has 12 heteroatoms. The summed E-state index contributed by atoms with van der Waals surface area (Å²) in [6.45, 7) is 6.13. The number of halogens is 3. The molecule has 178 valence electrons. The van der Waals surface area contributed by atoms with E-state index in [4.69, 9.17) is 4.74 Å². The first-order valence-corrected chi connectivity index (χ1v) is 10.5. The number of nitrogens with one attached hydrogen (secondary N) is 1. The molecule has 0 saturated carbocycles. The lowest BCUT2D eigenvalue weighted by Crippen LogP contribution is -2.43. The van der Waals surface area contributed by atoms with Gasteiger partial charge >= 0.3 is 12.2 Å². The number of carbonyl (C=O) groups excluding carboxylic acids is 2. The monoisotopic (exact) mass is 466 g/mol. The summed E-state index contributed by atoms with van der Waals surface area (Å²) in [5, 5.41) is 2.35. The van der Waals surface area contributed by atoms with Crippen molar-refractivity contribution in [3.05, 3.63) is 36.3 Å². The van der Waals surface area contributed by atoms with Crippen molar-refractivity contribution in [2.45, 2.75) is 39.4 Å². The highest BCUT2D eigenvalue weighted by molar-refractivity contribution is 5.98. The quantitative estimate of drug-likeness (QED) is 0.638. The molecule has 2 aromatic heterocycles. The van der Waals surface area contributed by atoms with Crippen molar-refractivity contribution in [3.8, 4) is 5.75 Å². The van der Waals surface area contributed by atoms with Crippen LogP contribution in [0.4, 0.5) is 29.7 Å². The molecule has 1 aliphatic heterocycles. The highest BCUT2D eigenvalue weighted by Crippen LogP contribution is 2.30. The largest absolute Gasteiger partial charge is 0.491 e. The second-order valence-corrected chi connectivity index (χ2v) is 7.60. The zero-order valence-electron chi connectivity index (χ0n) is 18.5. The maximum Gasteiger partial charge on any atom is 0.416 e. The normalized spacial score (nSPS) is 17.3. The number of urea groups is 1. The Labute approximate surface area is 189 Å². The number of pyridine rings is 1. The van der Waals surface area contributed by atoms with Gasteiger partial charge in [0.2, 0.25) is 11.9 Å². The van der Waals surface area contributed by atoms with Crippen LogP contribution in [0.25, 0.3) is 0 Å². The van der Waals surface area contributed by atoms with Gasteiger partial charge in [-0.15, -0.1) is 0 Å². The van der Waals surface area contributed by atoms with Gasteiger partial charge < -0.3 is 15.0 Å². The molecular weight excluding hydrogens is 441 g/mol. The van der Waals surface area contributed by atoms with Crippen molar-refractivity contribution in [1.29, 1.82) is 0 Å². The Morgan fingerprint density at radius 3 is 2.58 bits per heavy atom. The fourth-order valence-electron chi connectivity index (χ4n) is 3.47. The minimum atomic E-state index is -4.56. The van der Waals surface area contributed by atoms with Gasteiger partial charge in [-0.1, -0.05) is 20.3 Å². The van der Waals surface area contributed by atoms with E-state index in [1.807, 2.05) is 20.8 Å². The number of alkyl halides is 3. The summed E-state index contributed by atoms with van der Waals surface area (Å²) in [5.41, 5.74) is -0.929. The van der Waals surface area contributed by atoms with Gasteiger partial charge in [-0.05, 0) is 25.0 Å². The molecule has 0 unspecified atom stereocenters. The number of hydrogen-bond acceptors (Lipinski definition) is 6. The molecule has 2 aromatic rings. The Bertz CT molecular complexity index is 986. The lowest BCUT2D eigenvalue weighted by Gasteiger charge is -2.26. The summed E-state index contributed by atoms with van der Waals surface area (Å²) in [6, 6.07) is 0.790. The predicted octanol–water partition coefficient (Wildman–Crippen LogP) is 3.58. The van der Waals surface area contributed by atoms with Crippen LogP contribution < -0.4 is 15.0 Å². The predicted molar refractivity (Wildman–Crippen MR) is 114 cm³/mol. The van der Waals surface area contributed by atoms with Crippen molar-refractivity contribution in [3.63, 3.8) is 0 Å². The van der Waals surface area contributed by atoms with E-state index in [2.05, 4.69) is 20.3 Å². The van der Waals surface area contributed by atoms with E-state index >= 15 is 0 Å². The maximum atomic E-state index is 13.1. The molecule has 0 aliphatic carbocycles. The van der Waals surface area contributed by atoms with Crippen molar-refractivity contribution < 1.29 is 27.5 Å². The molecule has 9 nitrogen and oxygen atoms in total. The van der Waals surface area contributed by atoms with Crippen LogP contribution in [0.15, 0.2) is 30.7 Å². The first-order chi connectivity index (χ1) is 15.6. The van der Waals surface area contributed by atoms with Crippen LogP contribution in [-0.4, -0.2) is 57.5 Å². The van der Waals surface area contributed by atoms with Crippen LogP contribution in [0.1, 0.15) is 32.8 Å². The maximum absolute atomic E-state index is 13.1. The van der Waals surface area contributed by atoms with Gasteiger partial charge in [-0.3, -0.25) is 9.69 Å². The van der Waals surface area contributed by atoms with Gasteiger partial charge in [-0.25, -0.2) is 19.7 Å². The van der Waals surface area contributed by atoms with Gasteiger partial charge in [-0.2, -0.15) is 13.2 Å². The molecule has 3 heterocycles. The van der Waals surface area contributed by atoms with Crippen molar-refractivity contribution in [2.24, 2.45) is 5.92 Å². The molecule has 33 heavy (non-hydrogen) atoms. The van der Waals surface area contributed by atoms with E-state index in [0.717, 1.165) is 24.8 Å². The third-order valence-corrected chi connectivity index (χ3v) is 5.38. The van der Waals surface area contributed by atoms with Gasteiger partial charge in [0.1, 0.15) is 12.4 Å². The van der Waals surface area contributed by atoms with Crippen molar-refractivity contribution >= 4 is 23.7 Å². The Morgan fingerprint density at radius 2 is 1.97 bits per heavy atom. The molecule has 1 saturated heterocycles. The number of carbonyl (C=O) groups is 2. The average Bonchev–Trinajstić information content (AvgIpc) is 3.09. The van der Waals surface area contributed by atoms with Crippen molar-refractivity contribution in [1.82, 2.24) is 19.9 Å². The SMILES string of the molecule is CCOc1cnc(N2C[C@H]([C@@H](C)CC)N(CC(=O)Nc3cc(C(F)(F)F)ccn3)C2=O)nc1. The third kappa shape index (κ3) is 5.68. The number of hydrogen-bond donors (Lipinski definition) is 1. The Kier molecular flexibility index (Phi) is 7.34. The molecule has 1 fully saturated rings. The number of anilines is 2. The smallest absolute Gasteiger partial charge is 0.416 e. The first-order valence-electron chi connectivity index (χ1n) is 10.5. The van der Waals surface area contributed by atoms with Gasteiger partial charge in [0.25, 0.3) is 0 Å². The Hall–Kier alpha value is -3.44. The van der Waals surface area contributed by atoms with Crippen LogP contribution in [0.5, 0.6) is 5.75 Å². The molecule has 0 bridgehead atoms. The van der Waals surface area contributed by atoms with Gasteiger partial charge in [0.05, 0.1) is 37.2 Å². The molecule has 2 atom stereocenters. The summed E-state index contributed by atoms with van der Waals surface area (Å²) >= 11 is 0. The molecule has 3 amide bonds. The van der Waals surface area contributed by atoms with E-state index < -0.39 is 23.7 Å². The van der Waals surface area contributed by atoms with Crippen LogP contribution >= 0.6 is 0 Å². The molecule has 0 spiro atoms. The second kappa shape index (κ2) is 10.0. The molecular formula is C21H25F3N6O3. The number of nitrogens with zero attached hydrogens (tertiary/aromatic N) is 5. The zero-order valence-corrected chi connectivity index (χ0v) is 18.5. The summed E-state index contributed by atoms with van der Waals surface area (Å²) in [4.78, 5) is 40.6. The fraction of sp³-hybridized carbons (Fsp3) is 0.476. The topological polar surface area (TPSA) is 101 Å². The third-order valence-electron chi connectivity index (χ3n) is 5.38. The highest BCUT2D eigenvalue weighted by Gasteiger charge is 2.42. The lowest BCUT2D eigenvalue weighted by molar-refractivity contribution is -0.137. The average molecular weight is 466 g/mol. The van der Waals surface area contributed by atoms with Crippen LogP contribution in [0.3, 0.4) is 0 Å². The van der Waals surface area contributed by atoms with E-state index in [0.29, 0.717) is 12.4 Å². The van der Waals surface area contributed by atoms with Crippen LogP contribution in [0.2, 0.25) is 0 Å². The van der Waals surface area contributed by atoms with E-state index in [9.17, 15) is 22.8 Å². The Morgan fingerprint density at radius 1 is 1.27 bits per heavy atom. The van der Waals surface area contributed by atoms with E-state index in [-0.39, 0.29) is 36.8 Å². The second-order valence-electron chi connectivity index (χ2n) is 7.60. The van der Waals surface area contributed by atoms with E-state index in [1.54, 1.807) is 0 Å². The minimum Gasteiger partial charge on any atom is -0.491 e. The van der Waals surface area contributed by atoms with Crippen LogP contribution in [0, 0.1) is 5.92 Å². The number of aromatic nitrogens is 3. The molecule has 0 aromatic carbocycles. The number of rotatable bonds is 8. The standard InChI is InChI=1S/C21H25F3N6O3/c1-4-13(3)16-11-30(19-26-9-15(10-27-19)33-5-2)20(32)29(16)12-18(31)28-17-8-14(6-7-25-17)21(22,23)24/h6-10,13,16H,4-5,11-12H2,1-3H3,(H,25,28,31)/t13-,16+/m0/s1. The molecule has 0 radical (unpaired) electrons. The number of ether oxygens (including phenoxy) is 1. The van der Waals surface area contributed by atoms with Gasteiger partial charge in [0.15, 0.2) is 5.75 Å². The summed E-state index contributed by atoms with van der Waals surface area (Å²) < 4.78 is 44.1.